The number of fused-ring (bicyclic) bond motifs is 1. The van der Waals surface area contributed by atoms with Crippen molar-refractivity contribution in [2.45, 2.75) is 30.5 Å². The Balaban J connectivity index is 1.32. The third-order valence-corrected chi connectivity index (χ3v) is 6.03. The van der Waals surface area contributed by atoms with Crippen LogP contribution in [0.4, 0.5) is 5.69 Å². The number of anilines is 1. The van der Waals surface area contributed by atoms with Crippen LogP contribution in [0.5, 0.6) is 0 Å². The van der Waals surface area contributed by atoms with Crippen LogP contribution < -0.4 is 10.6 Å². The first-order chi connectivity index (χ1) is 14.6. The Morgan fingerprint density at radius 3 is 2.73 bits per heavy atom. The quantitative estimate of drug-likeness (QED) is 0.592. The van der Waals surface area contributed by atoms with Gasteiger partial charge in [0.1, 0.15) is 0 Å². The van der Waals surface area contributed by atoms with Gasteiger partial charge in [-0.15, -0.1) is 5.10 Å². The van der Waals surface area contributed by atoms with Gasteiger partial charge in [-0.1, -0.05) is 36.0 Å². The number of aryl methyl sites for hydroxylation is 2. The molecule has 2 N–H and O–H groups in total. The van der Waals surface area contributed by atoms with Crippen LogP contribution in [0.1, 0.15) is 40.4 Å². The zero-order valence-corrected chi connectivity index (χ0v) is 17.4. The van der Waals surface area contributed by atoms with Gasteiger partial charge in [-0.3, -0.25) is 9.59 Å². The molecule has 0 fully saturated rings. The number of nitrogens with one attached hydrogen (secondary N) is 2. The van der Waals surface area contributed by atoms with E-state index in [4.69, 9.17) is 0 Å². The highest BCUT2D eigenvalue weighted by molar-refractivity contribution is 7.99. The minimum absolute atomic E-state index is 0.0361. The van der Waals surface area contributed by atoms with Crippen LogP contribution in [-0.4, -0.2) is 37.8 Å². The maximum Gasteiger partial charge on any atom is 0.251 e. The molecule has 9 heteroatoms. The summed E-state index contributed by atoms with van der Waals surface area (Å²) in [5, 5.41) is 17.6. The Bertz CT molecular complexity index is 1050. The van der Waals surface area contributed by atoms with Gasteiger partial charge < -0.3 is 10.6 Å². The number of hydrogen-bond acceptors (Lipinski definition) is 6. The fourth-order valence-electron chi connectivity index (χ4n) is 3.52. The number of carbonyl (C=O) groups is 2. The van der Waals surface area contributed by atoms with Gasteiger partial charge in [0.15, 0.2) is 0 Å². The lowest BCUT2D eigenvalue weighted by atomic mass is 9.87. The van der Waals surface area contributed by atoms with Crippen molar-refractivity contribution in [2.75, 3.05) is 11.1 Å². The van der Waals surface area contributed by atoms with E-state index in [9.17, 15) is 9.59 Å². The number of thioether (sulfide) groups is 1. The Morgan fingerprint density at radius 2 is 1.97 bits per heavy atom. The van der Waals surface area contributed by atoms with Gasteiger partial charge in [0.25, 0.3) is 5.91 Å². The first kappa shape index (κ1) is 20.1. The van der Waals surface area contributed by atoms with Crippen molar-refractivity contribution in [1.82, 2.24) is 25.5 Å². The summed E-state index contributed by atoms with van der Waals surface area (Å²) < 4.78 is 1.51. The van der Waals surface area contributed by atoms with Crippen LogP contribution in [0.15, 0.2) is 53.7 Å². The van der Waals surface area contributed by atoms with E-state index < -0.39 is 0 Å². The summed E-state index contributed by atoms with van der Waals surface area (Å²) >= 11 is 1.25. The van der Waals surface area contributed by atoms with Crippen LogP contribution in [0.25, 0.3) is 0 Å². The highest BCUT2D eigenvalue weighted by Gasteiger charge is 2.21. The molecule has 0 saturated carbocycles. The molecular formula is C21H22N6O2S. The molecule has 0 radical (unpaired) electrons. The van der Waals surface area contributed by atoms with E-state index in [-0.39, 0.29) is 23.6 Å². The predicted octanol–water partition coefficient (Wildman–Crippen LogP) is 2.75. The minimum atomic E-state index is -0.168. The third kappa shape index (κ3) is 4.68. The van der Waals surface area contributed by atoms with Crippen molar-refractivity contribution < 1.29 is 9.59 Å². The van der Waals surface area contributed by atoms with E-state index in [0.29, 0.717) is 16.4 Å². The van der Waals surface area contributed by atoms with Crippen LogP contribution >= 0.6 is 11.8 Å². The van der Waals surface area contributed by atoms with Crippen molar-refractivity contribution in [3.63, 3.8) is 0 Å². The number of carbonyl (C=O) groups excluding carboxylic acids is 2. The van der Waals surface area contributed by atoms with Crippen molar-refractivity contribution in [3.8, 4) is 0 Å². The summed E-state index contributed by atoms with van der Waals surface area (Å²) in [4.78, 5) is 24.8. The lowest BCUT2D eigenvalue weighted by molar-refractivity contribution is -0.113. The molecule has 1 atom stereocenters. The second-order valence-electron chi connectivity index (χ2n) is 7.12. The van der Waals surface area contributed by atoms with Gasteiger partial charge in [-0.25, -0.2) is 4.68 Å². The van der Waals surface area contributed by atoms with Crippen molar-refractivity contribution >= 4 is 29.3 Å². The molecule has 0 aliphatic heterocycles. The molecule has 0 unspecified atom stereocenters. The third-order valence-electron chi connectivity index (χ3n) is 5.02. The predicted molar refractivity (Wildman–Crippen MR) is 114 cm³/mol. The van der Waals surface area contributed by atoms with Gasteiger partial charge >= 0.3 is 0 Å². The summed E-state index contributed by atoms with van der Waals surface area (Å²) in [6.07, 6.45) is 3.06. The number of aromatic nitrogens is 4. The topological polar surface area (TPSA) is 102 Å². The highest BCUT2D eigenvalue weighted by atomic mass is 32.2. The standard InChI is InChI=1S/C21H22N6O2S/c1-27-21(24-25-26-27)30-13-19(28)22-16-11-9-15(10-12-16)20(29)23-18-8-4-6-14-5-2-3-7-17(14)18/h2-3,5,7,9-12,18H,4,6,8,13H2,1H3,(H,22,28)(H,23,29)/t18-/m0/s1. The molecule has 4 rings (SSSR count). The molecule has 2 aromatic carbocycles. The Morgan fingerprint density at radius 1 is 1.17 bits per heavy atom. The van der Waals surface area contributed by atoms with E-state index in [1.54, 1.807) is 31.3 Å². The molecule has 1 aromatic heterocycles. The molecule has 8 nitrogen and oxygen atoms in total. The first-order valence-electron chi connectivity index (χ1n) is 9.74. The smallest absolute Gasteiger partial charge is 0.251 e. The molecule has 0 bridgehead atoms. The molecule has 0 spiro atoms. The largest absolute Gasteiger partial charge is 0.345 e. The van der Waals surface area contributed by atoms with Crippen molar-refractivity contribution in [3.05, 3.63) is 65.2 Å². The van der Waals surface area contributed by atoms with Gasteiger partial charge in [0.05, 0.1) is 11.8 Å². The lowest BCUT2D eigenvalue weighted by Crippen LogP contribution is -2.30. The number of tetrazole rings is 1. The average molecular weight is 423 g/mol. The van der Waals surface area contributed by atoms with Crippen molar-refractivity contribution in [1.29, 1.82) is 0 Å². The Kier molecular flexibility index (Phi) is 6.08. The molecule has 1 heterocycles. The molecule has 3 aromatic rings. The van der Waals surface area contributed by atoms with Crippen LogP contribution in [0.3, 0.4) is 0 Å². The summed E-state index contributed by atoms with van der Waals surface area (Å²) in [5.74, 6) is -0.0868. The SMILES string of the molecule is Cn1nnnc1SCC(=O)Nc1ccc(C(=O)N[C@H]2CCCc3ccccc32)cc1. The maximum absolute atomic E-state index is 12.7. The van der Waals surface area contributed by atoms with Gasteiger partial charge in [0.2, 0.25) is 11.1 Å². The van der Waals surface area contributed by atoms with E-state index >= 15 is 0 Å². The van der Waals surface area contributed by atoms with Gasteiger partial charge in [-0.2, -0.15) is 0 Å². The average Bonchev–Trinajstić information content (AvgIpc) is 3.18. The summed E-state index contributed by atoms with van der Waals surface area (Å²) in [6, 6.07) is 15.2. The summed E-state index contributed by atoms with van der Waals surface area (Å²) in [7, 11) is 1.72. The molecule has 30 heavy (non-hydrogen) atoms. The second kappa shape index (κ2) is 9.08. The molecule has 1 aliphatic carbocycles. The second-order valence-corrected chi connectivity index (χ2v) is 8.06. The monoisotopic (exact) mass is 422 g/mol. The maximum atomic E-state index is 12.7. The first-order valence-corrected chi connectivity index (χ1v) is 10.7. The van der Waals surface area contributed by atoms with E-state index in [1.165, 1.54) is 27.6 Å². The zero-order chi connectivity index (χ0) is 20.9. The zero-order valence-electron chi connectivity index (χ0n) is 16.5. The number of rotatable bonds is 6. The molecule has 2 amide bonds. The van der Waals surface area contributed by atoms with E-state index in [1.807, 2.05) is 12.1 Å². The molecule has 154 valence electrons. The number of amides is 2. The van der Waals surface area contributed by atoms with E-state index in [2.05, 4.69) is 38.3 Å². The number of hydrogen-bond donors (Lipinski definition) is 2. The summed E-state index contributed by atoms with van der Waals surface area (Å²) in [6.45, 7) is 0. The van der Waals surface area contributed by atoms with Gasteiger partial charge in [-0.05, 0) is 65.1 Å². The molecular weight excluding hydrogens is 400 g/mol. The fraction of sp³-hybridized carbons (Fsp3) is 0.286. The van der Waals surface area contributed by atoms with Crippen LogP contribution in [0.2, 0.25) is 0 Å². The van der Waals surface area contributed by atoms with Crippen molar-refractivity contribution in [2.24, 2.45) is 7.05 Å². The van der Waals surface area contributed by atoms with Crippen LogP contribution in [0, 0.1) is 0 Å². The fourth-order valence-corrected chi connectivity index (χ4v) is 4.17. The van der Waals surface area contributed by atoms with E-state index in [0.717, 1.165) is 19.3 Å². The highest BCUT2D eigenvalue weighted by Crippen LogP contribution is 2.29. The number of benzene rings is 2. The minimum Gasteiger partial charge on any atom is -0.345 e. The van der Waals surface area contributed by atoms with Gasteiger partial charge in [0, 0.05) is 18.3 Å². The normalized spacial score (nSPS) is 15.3. The molecule has 1 aliphatic rings. The lowest BCUT2D eigenvalue weighted by Gasteiger charge is -2.26. The van der Waals surface area contributed by atoms with Crippen LogP contribution in [-0.2, 0) is 18.3 Å². The number of nitrogens with zero attached hydrogens (tertiary/aromatic N) is 4. The molecule has 0 saturated heterocycles. The Hall–Kier alpha value is -3.20. The Labute approximate surface area is 178 Å². The summed E-state index contributed by atoms with van der Waals surface area (Å²) in [5.41, 5.74) is 3.71.